The van der Waals surface area contributed by atoms with Crippen molar-refractivity contribution >= 4 is 5.78 Å². The van der Waals surface area contributed by atoms with Gasteiger partial charge in [0.05, 0.1) is 0 Å². The van der Waals surface area contributed by atoms with Crippen LogP contribution in [-0.4, -0.2) is 24.5 Å². The van der Waals surface area contributed by atoms with E-state index in [9.17, 15) is 4.79 Å². The summed E-state index contributed by atoms with van der Waals surface area (Å²) in [5.41, 5.74) is 5.60. The fraction of sp³-hybridized carbons (Fsp3) is 0.923. The van der Waals surface area contributed by atoms with Crippen LogP contribution in [0.4, 0.5) is 0 Å². The second-order valence-electron chi connectivity index (χ2n) is 5.38. The zero-order chi connectivity index (χ0) is 12.6. The third kappa shape index (κ3) is 10.1. The Hall–Kier alpha value is -0.410. The Morgan fingerprint density at radius 2 is 2.06 bits per heavy atom. The molecule has 0 aliphatic heterocycles. The van der Waals surface area contributed by atoms with Crippen LogP contribution in [0.3, 0.4) is 0 Å². The summed E-state index contributed by atoms with van der Waals surface area (Å²) in [5, 5.41) is 0. The number of ether oxygens (including phenoxy) is 1. The molecule has 0 saturated carbocycles. The average Bonchev–Trinajstić information content (AvgIpc) is 2.19. The lowest BCUT2D eigenvalue weighted by Gasteiger charge is -2.17. The van der Waals surface area contributed by atoms with Crippen LogP contribution in [0.2, 0.25) is 0 Å². The van der Waals surface area contributed by atoms with Gasteiger partial charge in [0.25, 0.3) is 0 Å². The van der Waals surface area contributed by atoms with E-state index in [2.05, 4.69) is 13.8 Å². The number of Topliss-reactive ketones (excluding diaryl/α,β-unsaturated/α-hetero) is 1. The highest BCUT2D eigenvalue weighted by molar-refractivity contribution is 5.79. The minimum absolute atomic E-state index is 0.204. The average molecular weight is 229 g/mol. The molecule has 0 amide bonds. The monoisotopic (exact) mass is 229 g/mol. The largest absolute Gasteiger partial charge is 0.374 e. The van der Waals surface area contributed by atoms with Gasteiger partial charge in [-0.25, -0.2) is 0 Å². The van der Waals surface area contributed by atoms with Crippen LogP contribution in [0.5, 0.6) is 0 Å². The first-order valence-corrected chi connectivity index (χ1v) is 6.23. The van der Waals surface area contributed by atoms with Crippen LogP contribution < -0.4 is 5.73 Å². The Balaban J connectivity index is 3.44. The Labute approximate surface area is 99.7 Å². The minimum atomic E-state index is -0.209. The first-order valence-electron chi connectivity index (χ1n) is 6.23. The van der Waals surface area contributed by atoms with E-state index < -0.39 is 0 Å². The number of ketones is 1. The van der Waals surface area contributed by atoms with Crippen LogP contribution in [0.15, 0.2) is 0 Å². The van der Waals surface area contributed by atoms with Crippen LogP contribution in [0.1, 0.15) is 53.4 Å². The molecule has 3 nitrogen and oxygen atoms in total. The SMILES string of the molecule is CCC(C)CCC(=O)COCCC(C)(C)N. The van der Waals surface area contributed by atoms with Gasteiger partial charge in [0, 0.05) is 18.6 Å². The van der Waals surface area contributed by atoms with Gasteiger partial charge in [-0.1, -0.05) is 20.3 Å². The molecule has 1 atom stereocenters. The molecule has 0 bridgehead atoms. The highest BCUT2D eigenvalue weighted by Crippen LogP contribution is 2.09. The Bertz CT molecular complexity index is 197. The van der Waals surface area contributed by atoms with Crippen molar-refractivity contribution in [3.63, 3.8) is 0 Å². The molecule has 0 aromatic heterocycles. The lowest BCUT2D eigenvalue weighted by molar-refractivity contribution is -0.124. The highest BCUT2D eigenvalue weighted by Gasteiger charge is 2.11. The number of hydrogen-bond donors (Lipinski definition) is 1. The van der Waals surface area contributed by atoms with Crippen LogP contribution in [-0.2, 0) is 9.53 Å². The molecule has 0 heterocycles. The lowest BCUT2D eigenvalue weighted by atomic mass is 10.0. The summed E-state index contributed by atoms with van der Waals surface area (Å²) in [6, 6.07) is 0. The maximum Gasteiger partial charge on any atom is 0.158 e. The number of nitrogens with two attached hydrogens (primary N) is 1. The summed E-state index contributed by atoms with van der Waals surface area (Å²) in [4.78, 5) is 11.4. The summed E-state index contributed by atoms with van der Waals surface area (Å²) in [5.74, 6) is 0.835. The van der Waals surface area contributed by atoms with E-state index in [0.29, 0.717) is 18.9 Å². The van der Waals surface area contributed by atoms with Gasteiger partial charge < -0.3 is 10.5 Å². The number of carbonyl (C=O) groups excluding carboxylic acids is 1. The molecule has 0 aliphatic carbocycles. The highest BCUT2D eigenvalue weighted by atomic mass is 16.5. The number of hydrogen-bond acceptors (Lipinski definition) is 3. The molecule has 16 heavy (non-hydrogen) atoms. The van der Waals surface area contributed by atoms with Crippen LogP contribution >= 0.6 is 0 Å². The molecular weight excluding hydrogens is 202 g/mol. The molecule has 0 rings (SSSR count). The van der Waals surface area contributed by atoms with E-state index in [4.69, 9.17) is 10.5 Å². The van der Waals surface area contributed by atoms with Crippen molar-refractivity contribution in [2.75, 3.05) is 13.2 Å². The van der Waals surface area contributed by atoms with Crippen molar-refractivity contribution < 1.29 is 9.53 Å². The summed E-state index contributed by atoms with van der Waals surface area (Å²) >= 11 is 0. The number of rotatable bonds is 9. The summed E-state index contributed by atoms with van der Waals surface area (Å²) < 4.78 is 5.31. The second-order valence-corrected chi connectivity index (χ2v) is 5.38. The molecule has 0 aromatic carbocycles. The van der Waals surface area contributed by atoms with Gasteiger partial charge in [0.1, 0.15) is 6.61 Å². The molecule has 0 spiro atoms. The van der Waals surface area contributed by atoms with E-state index in [1.807, 2.05) is 13.8 Å². The Morgan fingerprint density at radius 1 is 1.44 bits per heavy atom. The van der Waals surface area contributed by atoms with Gasteiger partial charge >= 0.3 is 0 Å². The third-order valence-electron chi connectivity index (χ3n) is 2.77. The quantitative estimate of drug-likeness (QED) is 0.618. The molecular formula is C13H27NO2. The standard InChI is InChI=1S/C13H27NO2/c1-5-11(2)6-7-12(15)10-16-9-8-13(3,4)14/h11H,5-10,14H2,1-4H3. The maximum atomic E-state index is 11.4. The molecule has 0 fully saturated rings. The summed E-state index contributed by atoms with van der Waals surface area (Å²) in [6.07, 6.45) is 3.53. The van der Waals surface area contributed by atoms with E-state index >= 15 is 0 Å². The van der Waals surface area contributed by atoms with Gasteiger partial charge in [-0.15, -0.1) is 0 Å². The molecule has 0 aromatic rings. The zero-order valence-corrected chi connectivity index (χ0v) is 11.2. The van der Waals surface area contributed by atoms with Crippen molar-refractivity contribution in [1.82, 2.24) is 0 Å². The Morgan fingerprint density at radius 3 is 2.56 bits per heavy atom. The number of carbonyl (C=O) groups is 1. The molecule has 0 radical (unpaired) electrons. The summed E-state index contributed by atoms with van der Waals surface area (Å²) in [7, 11) is 0. The molecule has 1 unspecified atom stereocenters. The van der Waals surface area contributed by atoms with E-state index in [1.165, 1.54) is 0 Å². The third-order valence-corrected chi connectivity index (χ3v) is 2.77. The second kappa shape index (κ2) is 7.80. The first-order chi connectivity index (χ1) is 7.35. The van der Waals surface area contributed by atoms with Gasteiger partial charge in [-0.2, -0.15) is 0 Å². The van der Waals surface area contributed by atoms with Crippen LogP contribution in [0.25, 0.3) is 0 Å². The van der Waals surface area contributed by atoms with Crippen molar-refractivity contribution in [1.29, 1.82) is 0 Å². The predicted molar refractivity (Wildman–Crippen MR) is 67.4 cm³/mol. The van der Waals surface area contributed by atoms with Crippen molar-refractivity contribution in [3.8, 4) is 0 Å². The van der Waals surface area contributed by atoms with Gasteiger partial charge in [-0.05, 0) is 32.6 Å². The van der Waals surface area contributed by atoms with Gasteiger partial charge in [0.15, 0.2) is 5.78 Å². The maximum absolute atomic E-state index is 11.4. The fourth-order valence-electron chi connectivity index (χ4n) is 1.20. The smallest absolute Gasteiger partial charge is 0.158 e. The predicted octanol–water partition coefficient (Wildman–Crippen LogP) is 2.53. The van der Waals surface area contributed by atoms with Crippen molar-refractivity contribution in [2.45, 2.75) is 58.9 Å². The Kier molecular flexibility index (Phi) is 7.60. The van der Waals surface area contributed by atoms with Gasteiger partial charge in [0.2, 0.25) is 0 Å². The van der Waals surface area contributed by atoms with Crippen molar-refractivity contribution in [3.05, 3.63) is 0 Å². The molecule has 0 saturated heterocycles. The first kappa shape index (κ1) is 15.6. The van der Waals surface area contributed by atoms with E-state index in [0.717, 1.165) is 19.3 Å². The zero-order valence-electron chi connectivity index (χ0n) is 11.2. The molecule has 3 heteroatoms. The summed E-state index contributed by atoms with van der Waals surface area (Å²) in [6.45, 7) is 9.05. The molecule has 96 valence electrons. The molecule has 0 aliphatic rings. The minimum Gasteiger partial charge on any atom is -0.374 e. The van der Waals surface area contributed by atoms with Gasteiger partial charge in [-0.3, -0.25) is 4.79 Å². The van der Waals surface area contributed by atoms with Crippen LogP contribution in [0, 0.1) is 5.92 Å². The lowest BCUT2D eigenvalue weighted by Crippen LogP contribution is -2.33. The topological polar surface area (TPSA) is 52.3 Å². The van der Waals surface area contributed by atoms with E-state index in [-0.39, 0.29) is 17.9 Å². The molecule has 2 N–H and O–H groups in total. The van der Waals surface area contributed by atoms with E-state index in [1.54, 1.807) is 0 Å². The normalized spacial score (nSPS) is 13.8. The fourth-order valence-corrected chi connectivity index (χ4v) is 1.20. The van der Waals surface area contributed by atoms with Crippen molar-refractivity contribution in [2.24, 2.45) is 11.7 Å².